The second-order valence-electron chi connectivity index (χ2n) is 5.25. The van der Waals surface area contributed by atoms with Gasteiger partial charge in [-0.15, -0.1) is 0 Å². The zero-order valence-corrected chi connectivity index (χ0v) is 11.6. The quantitative estimate of drug-likeness (QED) is 0.872. The van der Waals surface area contributed by atoms with Crippen molar-refractivity contribution >= 4 is 11.4 Å². The van der Waals surface area contributed by atoms with E-state index in [-0.39, 0.29) is 17.9 Å². The molecule has 21 heavy (non-hydrogen) atoms. The second-order valence-corrected chi connectivity index (χ2v) is 5.25. The van der Waals surface area contributed by atoms with Gasteiger partial charge in [-0.2, -0.15) is 5.10 Å². The van der Waals surface area contributed by atoms with E-state index >= 15 is 0 Å². The van der Waals surface area contributed by atoms with Crippen molar-refractivity contribution < 1.29 is 4.39 Å². The fourth-order valence-corrected chi connectivity index (χ4v) is 2.56. The van der Waals surface area contributed by atoms with E-state index in [9.17, 15) is 9.18 Å². The molecule has 1 aromatic carbocycles. The van der Waals surface area contributed by atoms with Gasteiger partial charge in [-0.25, -0.2) is 9.07 Å². The van der Waals surface area contributed by atoms with E-state index in [1.807, 2.05) is 0 Å². The average Bonchev–Trinajstić information content (AvgIpc) is 2.99. The van der Waals surface area contributed by atoms with Gasteiger partial charge in [0.15, 0.2) is 0 Å². The highest BCUT2D eigenvalue weighted by molar-refractivity contribution is 5.47. The number of halogens is 1. The highest BCUT2D eigenvalue weighted by atomic mass is 19.1. The zero-order valence-electron chi connectivity index (χ0n) is 11.6. The number of aromatic nitrogens is 2. The van der Waals surface area contributed by atoms with Crippen LogP contribution >= 0.6 is 0 Å². The van der Waals surface area contributed by atoms with Gasteiger partial charge in [-0.3, -0.25) is 4.79 Å². The van der Waals surface area contributed by atoms with Crippen molar-refractivity contribution in [2.45, 2.75) is 19.4 Å². The van der Waals surface area contributed by atoms with Crippen LogP contribution in [0.5, 0.6) is 0 Å². The number of hydrogen-bond acceptors (Lipinski definition) is 4. The van der Waals surface area contributed by atoms with Gasteiger partial charge >= 0.3 is 0 Å². The molecule has 1 aromatic heterocycles. The van der Waals surface area contributed by atoms with Crippen molar-refractivity contribution in [2.75, 3.05) is 23.7 Å². The van der Waals surface area contributed by atoms with Crippen molar-refractivity contribution in [1.82, 2.24) is 9.78 Å². The monoisotopic (exact) mass is 288 g/mol. The molecule has 0 unspecified atom stereocenters. The van der Waals surface area contributed by atoms with Crippen LogP contribution in [-0.4, -0.2) is 22.9 Å². The number of nitrogen functional groups attached to an aromatic ring is 1. The third-order valence-corrected chi connectivity index (χ3v) is 3.75. The van der Waals surface area contributed by atoms with Gasteiger partial charge in [0.1, 0.15) is 5.82 Å². The number of nitrogens with two attached hydrogens (primary N) is 1. The van der Waals surface area contributed by atoms with Crippen molar-refractivity contribution in [3.63, 3.8) is 0 Å². The number of rotatable bonds is 3. The van der Waals surface area contributed by atoms with Gasteiger partial charge in [0, 0.05) is 24.8 Å². The van der Waals surface area contributed by atoms with Crippen LogP contribution in [0.15, 0.2) is 35.3 Å². The molecule has 3 rings (SSSR count). The third-order valence-electron chi connectivity index (χ3n) is 3.75. The number of benzene rings is 1. The van der Waals surface area contributed by atoms with Crippen LogP contribution < -0.4 is 16.2 Å². The summed E-state index contributed by atoms with van der Waals surface area (Å²) in [6, 6.07) is 5.70. The summed E-state index contributed by atoms with van der Waals surface area (Å²) in [6.45, 7) is 2.09. The van der Waals surface area contributed by atoms with Gasteiger partial charge in [0.25, 0.3) is 5.56 Å². The Morgan fingerprint density at radius 1 is 1.24 bits per heavy atom. The van der Waals surface area contributed by atoms with Crippen molar-refractivity contribution in [3.05, 3.63) is 52.2 Å². The Balaban J connectivity index is 1.86. The molecule has 0 aliphatic carbocycles. The summed E-state index contributed by atoms with van der Waals surface area (Å²) in [6.07, 6.45) is 3.97. The highest BCUT2D eigenvalue weighted by Gasteiger charge is 2.14. The lowest BCUT2D eigenvalue weighted by Gasteiger charge is -2.17. The van der Waals surface area contributed by atoms with Crippen LogP contribution in [0.1, 0.15) is 18.4 Å². The Hall–Kier alpha value is -2.37. The van der Waals surface area contributed by atoms with Gasteiger partial charge in [0.05, 0.1) is 18.4 Å². The molecule has 5 nitrogen and oxygen atoms in total. The van der Waals surface area contributed by atoms with E-state index in [0.29, 0.717) is 11.3 Å². The molecule has 0 radical (unpaired) electrons. The fourth-order valence-electron chi connectivity index (χ4n) is 2.56. The molecule has 2 heterocycles. The first-order valence-electron chi connectivity index (χ1n) is 6.99. The lowest BCUT2D eigenvalue weighted by atomic mass is 10.2. The Labute approximate surface area is 121 Å². The molecule has 0 atom stereocenters. The van der Waals surface area contributed by atoms with Gasteiger partial charge < -0.3 is 10.6 Å². The summed E-state index contributed by atoms with van der Waals surface area (Å²) >= 11 is 0. The standard InChI is InChI=1S/C15H17FN4O/c16-12-3-4-14(17)11(7-12)10-20-15(21)8-13(9-18-20)19-5-1-2-6-19/h3-4,7-9H,1-2,5-6,10,17H2. The van der Waals surface area contributed by atoms with E-state index in [1.165, 1.54) is 22.9 Å². The summed E-state index contributed by atoms with van der Waals surface area (Å²) in [5, 5.41) is 4.17. The van der Waals surface area contributed by atoms with Crippen LogP contribution in [0, 0.1) is 5.82 Å². The second kappa shape index (κ2) is 5.55. The highest BCUT2D eigenvalue weighted by Crippen LogP contribution is 2.17. The molecule has 1 saturated heterocycles. The molecule has 0 spiro atoms. The van der Waals surface area contributed by atoms with Crippen molar-refractivity contribution in [1.29, 1.82) is 0 Å². The Bertz CT molecular complexity index is 707. The minimum atomic E-state index is -0.374. The molecular formula is C15H17FN4O. The summed E-state index contributed by atoms with van der Waals surface area (Å²) in [7, 11) is 0. The topological polar surface area (TPSA) is 64.2 Å². The smallest absolute Gasteiger partial charge is 0.269 e. The lowest BCUT2D eigenvalue weighted by molar-refractivity contribution is 0.611. The molecule has 1 fully saturated rings. The number of hydrogen-bond donors (Lipinski definition) is 1. The Kier molecular flexibility index (Phi) is 3.60. The Morgan fingerprint density at radius 3 is 2.71 bits per heavy atom. The maximum atomic E-state index is 13.2. The maximum Gasteiger partial charge on any atom is 0.269 e. The normalized spacial score (nSPS) is 14.6. The van der Waals surface area contributed by atoms with Crippen LogP contribution in [0.3, 0.4) is 0 Å². The summed E-state index contributed by atoms with van der Waals surface area (Å²) in [4.78, 5) is 14.3. The summed E-state index contributed by atoms with van der Waals surface area (Å²) < 4.78 is 14.5. The van der Waals surface area contributed by atoms with Crippen LogP contribution in [0.2, 0.25) is 0 Å². The van der Waals surface area contributed by atoms with Crippen molar-refractivity contribution in [3.8, 4) is 0 Å². The molecule has 2 aromatic rings. The molecule has 0 bridgehead atoms. The molecule has 0 amide bonds. The van der Waals surface area contributed by atoms with E-state index in [4.69, 9.17) is 5.73 Å². The SMILES string of the molecule is Nc1ccc(F)cc1Cn1ncc(N2CCCC2)cc1=O. The first kappa shape index (κ1) is 13.6. The summed E-state index contributed by atoms with van der Waals surface area (Å²) in [5.41, 5.74) is 7.45. The van der Waals surface area contributed by atoms with Crippen molar-refractivity contribution in [2.24, 2.45) is 0 Å². The van der Waals surface area contributed by atoms with Crippen LogP contribution in [-0.2, 0) is 6.54 Å². The minimum absolute atomic E-state index is 0.169. The van der Waals surface area contributed by atoms with Crippen LogP contribution in [0.25, 0.3) is 0 Å². The van der Waals surface area contributed by atoms with Gasteiger partial charge in [-0.1, -0.05) is 0 Å². The maximum absolute atomic E-state index is 13.2. The average molecular weight is 288 g/mol. The van der Waals surface area contributed by atoms with E-state index in [1.54, 1.807) is 12.3 Å². The predicted octanol–water partition coefficient (Wildman–Crippen LogP) is 1.61. The molecular weight excluding hydrogens is 271 g/mol. The third kappa shape index (κ3) is 2.89. The molecule has 1 aliphatic heterocycles. The molecule has 0 saturated carbocycles. The molecule has 6 heteroatoms. The predicted molar refractivity (Wildman–Crippen MR) is 79.9 cm³/mol. The van der Waals surface area contributed by atoms with E-state index in [0.717, 1.165) is 31.6 Å². The fraction of sp³-hybridized carbons (Fsp3) is 0.333. The van der Waals surface area contributed by atoms with Gasteiger partial charge in [-0.05, 0) is 36.6 Å². The zero-order chi connectivity index (χ0) is 14.8. The van der Waals surface area contributed by atoms with Gasteiger partial charge in [0.2, 0.25) is 0 Å². The lowest BCUT2D eigenvalue weighted by Crippen LogP contribution is -2.26. The molecule has 1 aliphatic rings. The first-order chi connectivity index (χ1) is 10.1. The first-order valence-corrected chi connectivity index (χ1v) is 6.99. The largest absolute Gasteiger partial charge is 0.398 e. The Morgan fingerprint density at radius 2 is 2.00 bits per heavy atom. The van der Waals surface area contributed by atoms with E-state index in [2.05, 4.69) is 10.00 Å². The summed E-state index contributed by atoms with van der Waals surface area (Å²) in [5.74, 6) is -0.374. The minimum Gasteiger partial charge on any atom is -0.398 e. The van der Waals surface area contributed by atoms with Crippen LogP contribution in [0.4, 0.5) is 15.8 Å². The number of nitrogens with zero attached hydrogens (tertiary/aromatic N) is 3. The number of anilines is 2. The molecule has 110 valence electrons. The molecule has 2 N–H and O–H groups in total. The van der Waals surface area contributed by atoms with E-state index < -0.39 is 0 Å².